The molecule has 1 N–H and O–H groups in total. The number of aromatic nitrogens is 1. The van der Waals surface area contributed by atoms with Crippen molar-refractivity contribution in [1.29, 1.82) is 0 Å². The minimum atomic E-state index is -1.02. The Morgan fingerprint density at radius 1 is 1.29 bits per heavy atom. The monoisotopic (exact) mass is 283 g/mol. The molecular weight excluding hydrogens is 270 g/mol. The van der Waals surface area contributed by atoms with E-state index < -0.39 is 11.9 Å². The van der Waals surface area contributed by atoms with E-state index in [-0.39, 0.29) is 12.1 Å². The number of aliphatic carboxylic acids is 1. The molecule has 3 rings (SSSR count). The fourth-order valence-electron chi connectivity index (χ4n) is 2.46. The maximum Gasteiger partial charge on any atom is 0.340 e. The molecule has 21 heavy (non-hydrogen) atoms. The van der Waals surface area contributed by atoms with Gasteiger partial charge in [0.15, 0.2) is 0 Å². The summed E-state index contributed by atoms with van der Waals surface area (Å²) >= 11 is 0. The molecule has 1 aromatic carbocycles. The molecule has 0 amide bonds. The van der Waals surface area contributed by atoms with E-state index in [4.69, 9.17) is 9.84 Å². The molecule has 5 heteroatoms. The molecule has 0 bridgehead atoms. The van der Waals surface area contributed by atoms with Gasteiger partial charge < -0.3 is 9.84 Å². The highest BCUT2D eigenvalue weighted by Crippen LogP contribution is 2.26. The quantitative estimate of drug-likeness (QED) is 0.873. The van der Waals surface area contributed by atoms with E-state index in [1.165, 1.54) is 0 Å². The first-order chi connectivity index (χ1) is 10.1. The SMILES string of the molecule is O=C(O)Cc1nc(-c2ccccc2)cc2c1C(=O)OCC2. The average Bonchev–Trinajstić information content (AvgIpc) is 2.47. The van der Waals surface area contributed by atoms with Gasteiger partial charge in [0.1, 0.15) is 0 Å². The highest BCUT2D eigenvalue weighted by atomic mass is 16.5. The van der Waals surface area contributed by atoms with Crippen LogP contribution in [-0.2, 0) is 22.4 Å². The standard InChI is InChI=1S/C16H13NO4/c18-14(19)9-13-15-11(6-7-21-16(15)20)8-12(17-13)10-4-2-1-3-5-10/h1-5,8H,6-7,9H2,(H,18,19). The molecule has 0 aliphatic carbocycles. The summed E-state index contributed by atoms with van der Waals surface area (Å²) in [5.41, 5.74) is 2.95. The third-order valence-corrected chi connectivity index (χ3v) is 3.37. The molecule has 0 saturated carbocycles. The minimum absolute atomic E-state index is 0.267. The lowest BCUT2D eigenvalue weighted by Gasteiger charge is -2.19. The first-order valence-electron chi connectivity index (χ1n) is 6.62. The normalized spacial score (nSPS) is 13.4. The molecule has 1 aliphatic rings. The Bertz CT molecular complexity index is 710. The van der Waals surface area contributed by atoms with Crippen molar-refractivity contribution in [3.05, 3.63) is 53.2 Å². The first kappa shape index (κ1) is 13.3. The Labute approximate surface area is 121 Å². The summed E-state index contributed by atoms with van der Waals surface area (Å²) in [4.78, 5) is 27.3. The lowest BCUT2D eigenvalue weighted by molar-refractivity contribution is -0.136. The van der Waals surface area contributed by atoms with Gasteiger partial charge in [-0.3, -0.25) is 9.78 Å². The summed E-state index contributed by atoms with van der Waals surface area (Å²) in [7, 11) is 0. The van der Waals surface area contributed by atoms with Crippen LogP contribution in [0.4, 0.5) is 0 Å². The van der Waals surface area contributed by atoms with E-state index in [9.17, 15) is 9.59 Å². The van der Waals surface area contributed by atoms with E-state index in [0.717, 1.165) is 11.1 Å². The van der Waals surface area contributed by atoms with Crippen LogP contribution in [0, 0.1) is 0 Å². The molecule has 1 aromatic heterocycles. The van der Waals surface area contributed by atoms with Crippen molar-refractivity contribution >= 4 is 11.9 Å². The number of hydrogen-bond acceptors (Lipinski definition) is 4. The molecule has 0 fully saturated rings. The molecule has 0 unspecified atom stereocenters. The highest BCUT2D eigenvalue weighted by molar-refractivity contribution is 5.94. The maximum absolute atomic E-state index is 11.9. The van der Waals surface area contributed by atoms with Crippen LogP contribution in [0.3, 0.4) is 0 Å². The van der Waals surface area contributed by atoms with Crippen LogP contribution in [0.5, 0.6) is 0 Å². The number of carboxylic acids is 1. The minimum Gasteiger partial charge on any atom is -0.481 e. The van der Waals surface area contributed by atoms with Gasteiger partial charge in [-0.2, -0.15) is 0 Å². The number of fused-ring (bicyclic) bond motifs is 1. The number of carboxylic acid groups (broad SMARTS) is 1. The fourth-order valence-corrected chi connectivity index (χ4v) is 2.46. The summed E-state index contributed by atoms with van der Waals surface area (Å²) in [6.45, 7) is 0.316. The Hall–Kier alpha value is -2.69. The Kier molecular flexibility index (Phi) is 3.39. The van der Waals surface area contributed by atoms with Crippen molar-refractivity contribution in [3.8, 4) is 11.3 Å². The van der Waals surface area contributed by atoms with Crippen LogP contribution in [0.15, 0.2) is 36.4 Å². The third kappa shape index (κ3) is 2.63. The van der Waals surface area contributed by atoms with Crippen LogP contribution in [0.25, 0.3) is 11.3 Å². The van der Waals surface area contributed by atoms with E-state index >= 15 is 0 Å². The summed E-state index contributed by atoms with van der Waals surface area (Å²) in [5, 5.41) is 9.02. The van der Waals surface area contributed by atoms with Gasteiger partial charge in [0.05, 0.1) is 30.0 Å². The van der Waals surface area contributed by atoms with E-state index in [2.05, 4.69) is 4.98 Å². The second kappa shape index (κ2) is 5.36. The van der Waals surface area contributed by atoms with Crippen molar-refractivity contribution in [1.82, 2.24) is 4.98 Å². The van der Waals surface area contributed by atoms with Crippen molar-refractivity contribution in [2.24, 2.45) is 0 Å². The molecule has 1 aliphatic heterocycles. The van der Waals surface area contributed by atoms with Crippen molar-refractivity contribution in [3.63, 3.8) is 0 Å². The number of ether oxygens (including phenoxy) is 1. The van der Waals surface area contributed by atoms with Crippen LogP contribution >= 0.6 is 0 Å². The lowest BCUT2D eigenvalue weighted by atomic mass is 9.97. The number of carbonyl (C=O) groups is 2. The molecule has 2 aromatic rings. The number of esters is 1. The number of pyridine rings is 1. The van der Waals surface area contributed by atoms with Crippen molar-refractivity contribution < 1.29 is 19.4 Å². The van der Waals surface area contributed by atoms with E-state index in [0.29, 0.717) is 24.3 Å². The van der Waals surface area contributed by atoms with Crippen LogP contribution in [0.2, 0.25) is 0 Å². The molecule has 0 saturated heterocycles. The third-order valence-electron chi connectivity index (χ3n) is 3.37. The molecule has 2 heterocycles. The van der Waals surface area contributed by atoms with Gasteiger partial charge in [-0.05, 0) is 11.6 Å². The van der Waals surface area contributed by atoms with Gasteiger partial charge in [-0.15, -0.1) is 0 Å². The number of benzene rings is 1. The van der Waals surface area contributed by atoms with Crippen molar-refractivity contribution in [2.75, 3.05) is 6.61 Å². The van der Waals surface area contributed by atoms with Crippen molar-refractivity contribution in [2.45, 2.75) is 12.8 Å². The molecular formula is C16H13NO4. The summed E-state index contributed by atoms with van der Waals surface area (Å²) in [6.07, 6.45) is 0.286. The topological polar surface area (TPSA) is 76.5 Å². The number of rotatable bonds is 3. The van der Waals surface area contributed by atoms with E-state index in [1.54, 1.807) is 0 Å². The van der Waals surface area contributed by atoms with Gasteiger partial charge in [0.2, 0.25) is 0 Å². The largest absolute Gasteiger partial charge is 0.481 e. The number of cyclic esters (lactones) is 1. The Morgan fingerprint density at radius 2 is 2.05 bits per heavy atom. The van der Waals surface area contributed by atoms with Crippen LogP contribution in [-0.4, -0.2) is 28.6 Å². The average molecular weight is 283 g/mol. The molecule has 106 valence electrons. The predicted octanol–water partition coefficient (Wildman–Crippen LogP) is 2.09. The summed E-state index contributed by atoms with van der Waals surface area (Å²) in [5.74, 6) is -1.51. The summed E-state index contributed by atoms with van der Waals surface area (Å²) in [6, 6.07) is 11.3. The highest BCUT2D eigenvalue weighted by Gasteiger charge is 2.25. The van der Waals surface area contributed by atoms with Gasteiger partial charge in [-0.1, -0.05) is 30.3 Å². The van der Waals surface area contributed by atoms with E-state index in [1.807, 2.05) is 36.4 Å². The first-order valence-corrected chi connectivity index (χ1v) is 6.62. The predicted molar refractivity (Wildman–Crippen MR) is 75.0 cm³/mol. The molecule has 5 nitrogen and oxygen atoms in total. The molecule has 0 radical (unpaired) electrons. The fraction of sp³-hybridized carbons (Fsp3) is 0.188. The number of carbonyl (C=O) groups excluding carboxylic acids is 1. The van der Waals surface area contributed by atoms with Crippen LogP contribution < -0.4 is 0 Å². The Balaban J connectivity index is 2.16. The lowest BCUT2D eigenvalue weighted by Crippen LogP contribution is -2.22. The number of nitrogens with zero attached hydrogens (tertiary/aromatic N) is 1. The second-order valence-corrected chi connectivity index (χ2v) is 4.81. The number of hydrogen-bond donors (Lipinski definition) is 1. The van der Waals surface area contributed by atoms with Gasteiger partial charge in [0, 0.05) is 12.0 Å². The molecule has 0 atom stereocenters. The van der Waals surface area contributed by atoms with Crippen LogP contribution in [0.1, 0.15) is 21.6 Å². The zero-order valence-corrected chi connectivity index (χ0v) is 11.2. The molecule has 0 spiro atoms. The zero-order chi connectivity index (χ0) is 14.8. The second-order valence-electron chi connectivity index (χ2n) is 4.81. The summed E-state index contributed by atoms with van der Waals surface area (Å²) < 4.78 is 5.00. The maximum atomic E-state index is 11.9. The van der Waals surface area contributed by atoms with Gasteiger partial charge in [-0.25, -0.2) is 4.79 Å². The Morgan fingerprint density at radius 3 is 2.76 bits per heavy atom. The van der Waals surface area contributed by atoms with Gasteiger partial charge in [0.25, 0.3) is 0 Å². The smallest absolute Gasteiger partial charge is 0.340 e. The zero-order valence-electron chi connectivity index (χ0n) is 11.2. The van der Waals surface area contributed by atoms with Gasteiger partial charge >= 0.3 is 11.9 Å².